The van der Waals surface area contributed by atoms with Crippen molar-refractivity contribution in [2.45, 2.75) is 19.9 Å². The first-order valence-electron chi connectivity index (χ1n) is 9.88. The first kappa shape index (κ1) is 19.0. The van der Waals surface area contributed by atoms with Crippen molar-refractivity contribution in [1.29, 1.82) is 0 Å². The summed E-state index contributed by atoms with van der Waals surface area (Å²) in [6.07, 6.45) is 0. The number of rotatable bonds is 3. The smallest absolute Gasteiger partial charge is 0.290 e. The molecule has 2 amide bonds. The van der Waals surface area contributed by atoms with Crippen molar-refractivity contribution in [1.82, 2.24) is 10.3 Å². The standard InChI is InChI=1S/C22H25N5O2/c1-16-8-6-7-11-19(16)25-12-14-26(15-13-25)22(29)20-23-17(2)21(28)27(24-20)18-9-4-3-5-10-18/h3-11,17H,12-15H2,1-2H3,(H,23,24). The monoisotopic (exact) mass is 391 g/mol. The minimum Gasteiger partial charge on any atom is -0.368 e. The van der Waals surface area contributed by atoms with Crippen LogP contribution in [-0.4, -0.2) is 54.8 Å². The minimum absolute atomic E-state index is 0.172. The number of carbonyl (C=O) groups excluding carboxylic acids is 2. The second-order valence-electron chi connectivity index (χ2n) is 7.34. The van der Waals surface area contributed by atoms with Gasteiger partial charge in [-0.15, -0.1) is 0 Å². The molecule has 1 saturated heterocycles. The number of hydrogen-bond donors (Lipinski definition) is 1. The van der Waals surface area contributed by atoms with Crippen LogP contribution in [0.3, 0.4) is 0 Å². The Hall–Kier alpha value is -3.35. The molecule has 0 aliphatic carbocycles. The number of aliphatic imine (C=N–C) groups is 1. The topological polar surface area (TPSA) is 68.2 Å². The molecule has 4 rings (SSSR count). The van der Waals surface area contributed by atoms with Crippen molar-refractivity contribution in [3.63, 3.8) is 0 Å². The number of nitrogens with one attached hydrogen (secondary N) is 1. The van der Waals surface area contributed by atoms with Gasteiger partial charge in [0.2, 0.25) is 5.84 Å². The summed E-state index contributed by atoms with van der Waals surface area (Å²) in [5.41, 5.74) is 6.06. The zero-order valence-electron chi connectivity index (χ0n) is 16.7. The van der Waals surface area contributed by atoms with Gasteiger partial charge in [0, 0.05) is 31.9 Å². The Morgan fingerprint density at radius 2 is 1.66 bits per heavy atom. The molecule has 1 fully saturated rings. The van der Waals surface area contributed by atoms with E-state index in [1.807, 2.05) is 42.5 Å². The van der Waals surface area contributed by atoms with E-state index in [0.717, 1.165) is 13.1 Å². The molecule has 7 heteroatoms. The first-order chi connectivity index (χ1) is 14.0. The molecule has 2 aromatic rings. The minimum atomic E-state index is -0.608. The van der Waals surface area contributed by atoms with Gasteiger partial charge >= 0.3 is 0 Å². The second-order valence-corrected chi connectivity index (χ2v) is 7.34. The molecule has 0 aromatic heterocycles. The fourth-order valence-electron chi connectivity index (χ4n) is 3.72. The molecule has 2 aromatic carbocycles. The van der Waals surface area contributed by atoms with Crippen molar-refractivity contribution in [2.75, 3.05) is 36.1 Å². The summed E-state index contributed by atoms with van der Waals surface area (Å²) in [5, 5.41) is 1.41. The first-order valence-corrected chi connectivity index (χ1v) is 9.88. The highest BCUT2D eigenvalue weighted by Gasteiger charge is 2.33. The Labute approximate surface area is 170 Å². The lowest BCUT2D eigenvalue weighted by atomic mass is 10.1. The van der Waals surface area contributed by atoms with Gasteiger partial charge in [0.1, 0.15) is 6.04 Å². The Morgan fingerprint density at radius 3 is 2.34 bits per heavy atom. The Kier molecular flexibility index (Phi) is 5.20. The van der Waals surface area contributed by atoms with E-state index in [1.165, 1.54) is 16.3 Å². The zero-order valence-corrected chi connectivity index (χ0v) is 16.7. The van der Waals surface area contributed by atoms with Gasteiger partial charge in [0.15, 0.2) is 0 Å². The van der Waals surface area contributed by atoms with E-state index in [0.29, 0.717) is 18.8 Å². The van der Waals surface area contributed by atoms with Gasteiger partial charge in [-0.05, 0) is 37.6 Å². The number of carbonyl (C=O) groups is 2. The molecule has 150 valence electrons. The Balaban J connectivity index is 1.45. The maximum absolute atomic E-state index is 13.1. The van der Waals surface area contributed by atoms with Gasteiger partial charge in [-0.3, -0.25) is 15.0 Å². The number of hydrogen-bond acceptors (Lipinski definition) is 5. The number of piperazine rings is 1. The summed E-state index contributed by atoms with van der Waals surface area (Å²) in [6, 6.07) is 16.9. The molecule has 0 spiro atoms. The SMILES string of the molecule is Cc1ccccc1N1CCN(C(=O)C2=NC(C)C(=O)N(c3ccccc3)N2)CC1. The summed E-state index contributed by atoms with van der Waals surface area (Å²) in [5.74, 6) is -0.142. The van der Waals surface area contributed by atoms with Crippen LogP contribution in [0.15, 0.2) is 59.6 Å². The highest BCUT2D eigenvalue weighted by atomic mass is 16.2. The van der Waals surface area contributed by atoms with Gasteiger partial charge in [-0.1, -0.05) is 36.4 Å². The summed E-state index contributed by atoms with van der Waals surface area (Å²) in [6.45, 7) is 6.57. The van der Waals surface area contributed by atoms with Crippen LogP contribution in [-0.2, 0) is 9.59 Å². The van der Waals surface area contributed by atoms with E-state index in [-0.39, 0.29) is 17.6 Å². The highest BCUT2D eigenvalue weighted by molar-refractivity contribution is 6.39. The van der Waals surface area contributed by atoms with Crippen molar-refractivity contribution in [3.05, 3.63) is 60.2 Å². The van der Waals surface area contributed by atoms with E-state index in [9.17, 15) is 9.59 Å². The van der Waals surface area contributed by atoms with Crippen molar-refractivity contribution >= 4 is 29.0 Å². The lowest BCUT2D eigenvalue weighted by Gasteiger charge is -2.38. The van der Waals surface area contributed by atoms with E-state index < -0.39 is 6.04 Å². The molecule has 0 radical (unpaired) electrons. The van der Waals surface area contributed by atoms with Crippen LogP contribution in [0, 0.1) is 6.92 Å². The maximum Gasteiger partial charge on any atom is 0.290 e. The summed E-state index contributed by atoms with van der Waals surface area (Å²) >= 11 is 0. The number of benzene rings is 2. The number of anilines is 2. The quantitative estimate of drug-likeness (QED) is 0.869. The van der Waals surface area contributed by atoms with Crippen LogP contribution >= 0.6 is 0 Å². The Morgan fingerprint density at radius 1 is 1.00 bits per heavy atom. The van der Waals surface area contributed by atoms with Crippen molar-refractivity contribution in [2.24, 2.45) is 4.99 Å². The number of hydrazine groups is 1. The molecule has 0 bridgehead atoms. The van der Waals surface area contributed by atoms with Gasteiger partial charge in [-0.25, -0.2) is 10.0 Å². The predicted molar refractivity (Wildman–Crippen MR) is 114 cm³/mol. The molecule has 1 unspecified atom stereocenters. The fraction of sp³-hybridized carbons (Fsp3) is 0.318. The third kappa shape index (κ3) is 3.81. The van der Waals surface area contributed by atoms with Crippen molar-refractivity contribution in [3.8, 4) is 0 Å². The average Bonchev–Trinajstić information content (AvgIpc) is 2.76. The number of nitrogens with zero attached hydrogens (tertiary/aromatic N) is 4. The molecule has 29 heavy (non-hydrogen) atoms. The largest absolute Gasteiger partial charge is 0.368 e. The molecule has 2 aliphatic rings. The molecule has 0 saturated carbocycles. The van der Waals surface area contributed by atoms with Gasteiger partial charge in [-0.2, -0.15) is 0 Å². The van der Waals surface area contributed by atoms with E-state index in [4.69, 9.17) is 0 Å². The number of para-hydroxylation sites is 2. The predicted octanol–water partition coefficient (Wildman–Crippen LogP) is 1.98. The van der Waals surface area contributed by atoms with Gasteiger partial charge in [0.05, 0.1) is 5.69 Å². The van der Waals surface area contributed by atoms with Crippen molar-refractivity contribution < 1.29 is 9.59 Å². The van der Waals surface area contributed by atoms with Crippen LogP contribution in [0.4, 0.5) is 11.4 Å². The van der Waals surface area contributed by atoms with E-state index >= 15 is 0 Å². The van der Waals surface area contributed by atoms with Crippen LogP contribution in [0.25, 0.3) is 0 Å². The molecule has 2 aliphatic heterocycles. The van der Waals surface area contributed by atoms with Crippen LogP contribution in [0.2, 0.25) is 0 Å². The summed E-state index contributed by atoms with van der Waals surface area (Å²) in [4.78, 5) is 34.0. The normalized spacial score (nSPS) is 19.7. The van der Waals surface area contributed by atoms with Crippen LogP contribution in [0.1, 0.15) is 12.5 Å². The third-order valence-corrected chi connectivity index (χ3v) is 5.36. The third-order valence-electron chi connectivity index (χ3n) is 5.36. The van der Waals surface area contributed by atoms with Gasteiger partial charge < -0.3 is 9.80 Å². The zero-order chi connectivity index (χ0) is 20.4. The highest BCUT2D eigenvalue weighted by Crippen LogP contribution is 2.21. The lowest BCUT2D eigenvalue weighted by molar-refractivity contribution is -0.125. The fourth-order valence-corrected chi connectivity index (χ4v) is 3.72. The molecule has 2 heterocycles. The Bertz CT molecular complexity index is 935. The summed E-state index contributed by atoms with van der Waals surface area (Å²) < 4.78 is 0. The van der Waals surface area contributed by atoms with E-state index in [2.05, 4.69) is 34.4 Å². The molecule has 1 N–H and O–H groups in total. The molecular weight excluding hydrogens is 366 g/mol. The molecule has 1 atom stereocenters. The van der Waals surface area contributed by atoms with Crippen LogP contribution in [0.5, 0.6) is 0 Å². The maximum atomic E-state index is 13.1. The summed E-state index contributed by atoms with van der Waals surface area (Å²) in [7, 11) is 0. The van der Waals surface area contributed by atoms with E-state index in [1.54, 1.807) is 11.8 Å². The second kappa shape index (κ2) is 7.95. The number of amidine groups is 1. The average molecular weight is 391 g/mol. The molecular formula is C22H25N5O2. The number of amides is 2. The number of aryl methyl sites for hydroxylation is 1. The molecule has 7 nitrogen and oxygen atoms in total. The van der Waals surface area contributed by atoms with Crippen LogP contribution < -0.4 is 15.3 Å². The van der Waals surface area contributed by atoms with Gasteiger partial charge in [0.25, 0.3) is 11.8 Å². The lowest BCUT2D eigenvalue weighted by Crippen LogP contribution is -2.60.